The van der Waals surface area contributed by atoms with Crippen LogP contribution in [0.4, 0.5) is 0 Å². The fourth-order valence-electron chi connectivity index (χ4n) is 4.03. The zero-order valence-corrected chi connectivity index (χ0v) is 20.5. The van der Waals surface area contributed by atoms with Crippen molar-refractivity contribution in [3.63, 3.8) is 0 Å². The molecular weight excluding hydrogens is 483 g/mol. The van der Waals surface area contributed by atoms with E-state index in [4.69, 9.17) is 9.15 Å². The fourth-order valence-corrected chi connectivity index (χ4v) is 8.35. The van der Waals surface area contributed by atoms with Crippen LogP contribution < -0.4 is 43.3 Å². The smallest absolute Gasteiger partial charge is 0.339 e. The van der Waals surface area contributed by atoms with Gasteiger partial charge in [-0.1, -0.05) is 54.6 Å². The molecule has 32 heavy (non-hydrogen) atoms. The van der Waals surface area contributed by atoms with Gasteiger partial charge in [0.1, 0.15) is 34.7 Å². The number of halogens is 1. The van der Waals surface area contributed by atoms with Gasteiger partial charge in [0, 0.05) is 12.5 Å². The highest BCUT2D eigenvalue weighted by Crippen LogP contribution is 2.55. The highest BCUT2D eigenvalue weighted by molar-refractivity contribution is 7.95. The van der Waals surface area contributed by atoms with Crippen molar-refractivity contribution in [1.29, 1.82) is 0 Å². The van der Waals surface area contributed by atoms with Crippen LogP contribution in [0.25, 0.3) is 0 Å². The van der Waals surface area contributed by atoms with Crippen LogP contribution in [0.15, 0.2) is 112 Å². The van der Waals surface area contributed by atoms with Crippen LogP contribution in [-0.2, 0) is 0 Å². The molecule has 0 saturated carbocycles. The van der Waals surface area contributed by atoms with E-state index >= 15 is 0 Å². The topological polar surface area (TPSA) is 39.4 Å². The van der Waals surface area contributed by atoms with Crippen molar-refractivity contribution in [3.05, 3.63) is 119 Å². The van der Waals surface area contributed by atoms with E-state index in [1.54, 1.807) is 13.0 Å². The van der Waals surface area contributed by atoms with Crippen molar-refractivity contribution in [2.75, 3.05) is 12.8 Å². The third-order valence-electron chi connectivity index (χ3n) is 5.36. The molecular formula is C27H26BrO3P. The molecule has 4 rings (SSSR count). The monoisotopic (exact) mass is 508 g/mol. The molecule has 0 spiro atoms. The van der Waals surface area contributed by atoms with Gasteiger partial charge in [-0.05, 0) is 43.3 Å². The van der Waals surface area contributed by atoms with Crippen LogP contribution in [0.1, 0.15) is 12.2 Å². The Hall–Kier alpha value is -2.68. The van der Waals surface area contributed by atoms with Gasteiger partial charge in [0.2, 0.25) is 0 Å². The van der Waals surface area contributed by atoms with Crippen LogP contribution in [0.2, 0.25) is 0 Å². The molecule has 0 N–H and O–H groups in total. The Kier molecular flexibility index (Phi) is 8.44. The Bertz CT molecular complexity index is 1060. The number of rotatable bonds is 8. The van der Waals surface area contributed by atoms with E-state index in [0.717, 1.165) is 12.6 Å². The minimum Gasteiger partial charge on any atom is -1.00 e. The van der Waals surface area contributed by atoms with Crippen LogP contribution in [0, 0.1) is 6.92 Å². The number of benzene rings is 3. The van der Waals surface area contributed by atoms with E-state index in [1.165, 1.54) is 22.0 Å². The van der Waals surface area contributed by atoms with Crippen molar-refractivity contribution >= 4 is 23.2 Å². The minimum absolute atomic E-state index is 0. The van der Waals surface area contributed by atoms with Crippen molar-refractivity contribution < 1.29 is 26.1 Å². The van der Waals surface area contributed by atoms with E-state index < -0.39 is 7.26 Å². The zero-order valence-electron chi connectivity index (χ0n) is 18.0. The van der Waals surface area contributed by atoms with Crippen LogP contribution in [0.5, 0.6) is 5.75 Å². The second-order valence-electron chi connectivity index (χ2n) is 7.46. The lowest BCUT2D eigenvalue weighted by atomic mass is 10.3. The molecule has 0 aliphatic heterocycles. The zero-order chi connectivity index (χ0) is 21.5. The van der Waals surface area contributed by atoms with Gasteiger partial charge in [-0.25, -0.2) is 4.79 Å². The Morgan fingerprint density at radius 1 is 0.750 bits per heavy atom. The number of aryl methyl sites for hydroxylation is 1. The van der Waals surface area contributed by atoms with Crippen LogP contribution >= 0.6 is 7.26 Å². The lowest BCUT2D eigenvalue weighted by molar-refractivity contribution is -0.00000742. The van der Waals surface area contributed by atoms with Crippen molar-refractivity contribution in [2.24, 2.45) is 0 Å². The summed E-state index contributed by atoms with van der Waals surface area (Å²) in [6.07, 6.45) is 1.84. The maximum Gasteiger partial charge on any atom is 0.339 e. The maximum atomic E-state index is 11.6. The maximum absolute atomic E-state index is 11.6. The van der Waals surface area contributed by atoms with Crippen molar-refractivity contribution in [3.8, 4) is 5.75 Å². The van der Waals surface area contributed by atoms with Gasteiger partial charge < -0.3 is 26.1 Å². The largest absolute Gasteiger partial charge is 1.00 e. The molecule has 164 valence electrons. The molecule has 1 aromatic heterocycles. The second kappa shape index (κ2) is 11.3. The van der Waals surface area contributed by atoms with Gasteiger partial charge in [0.25, 0.3) is 0 Å². The van der Waals surface area contributed by atoms with E-state index in [1.807, 2.05) is 0 Å². The van der Waals surface area contributed by atoms with Crippen molar-refractivity contribution in [1.82, 2.24) is 0 Å². The number of hydrogen-bond donors (Lipinski definition) is 0. The first-order chi connectivity index (χ1) is 15.2. The molecule has 5 heteroatoms. The molecule has 3 aromatic carbocycles. The van der Waals surface area contributed by atoms with Gasteiger partial charge in [0.05, 0.1) is 18.8 Å². The normalized spacial score (nSPS) is 10.9. The SMILES string of the molecule is Cc1cc(OCCC[P+](c2ccccc2)(c2ccccc2)c2ccccc2)cc(=O)o1.[Br-]. The number of hydrogen-bond acceptors (Lipinski definition) is 3. The van der Waals surface area contributed by atoms with Crippen molar-refractivity contribution in [2.45, 2.75) is 13.3 Å². The summed E-state index contributed by atoms with van der Waals surface area (Å²) in [6, 6.07) is 35.6. The quantitative estimate of drug-likeness (QED) is 0.268. The molecule has 4 aromatic rings. The predicted octanol–water partition coefficient (Wildman–Crippen LogP) is 1.72. The third-order valence-corrected chi connectivity index (χ3v) is 9.89. The first-order valence-electron chi connectivity index (χ1n) is 10.5. The summed E-state index contributed by atoms with van der Waals surface area (Å²) in [6.45, 7) is 2.29. The molecule has 1 heterocycles. The molecule has 0 aliphatic carbocycles. The first-order valence-corrected chi connectivity index (χ1v) is 12.5. The fraction of sp³-hybridized carbons (Fsp3) is 0.148. The lowest BCUT2D eigenvalue weighted by Crippen LogP contribution is -3.00. The van der Waals surface area contributed by atoms with Crippen LogP contribution in [0.3, 0.4) is 0 Å². The molecule has 0 amide bonds. The Labute approximate surface area is 200 Å². The Morgan fingerprint density at radius 2 is 1.22 bits per heavy atom. The van der Waals surface area contributed by atoms with Gasteiger partial charge in [-0.2, -0.15) is 0 Å². The molecule has 0 fully saturated rings. The van der Waals surface area contributed by atoms with E-state index in [-0.39, 0.29) is 22.6 Å². The minimum atomic E-state index is -1.85. The summed E-state index contributed by atoms with van der Waals surface area (Å²) >= 11 is 0. The Balaban J connectivity index is 0.00000289. The summed E-state index contributed by atoms with van der Waals surface area (Å²) in [7, 11) is -1.85. The summed E-state index contributed by atoms with van der Waals surface area (Å²) in [5.74, 6) is 1.12. The van der Waals surface area contributed by atoms with E-state index in [0.29, 0.717) is 18.1 Å². The summed E-state index contributed by atoms with van der Waals surface area (Å²) in [5.41, 5.74) is -0.380. The van der Waals surface area contributed by atoms with Gasteiger partial charge in [-0.15, -0.1) is 0 Å². The van der Waals surface area contributed by atoms with E-state index in [2.05, 4.69) is 91.0 Å². The van der Waals surface area contributed by atoms with Gasteiger partial charge in [0.15, 0.2) is 0 Å². The summed E-state index contributed by atoms with van der Waals surface area (Å²) < 4.78 is 11.0. The number of ether oxygens (including phenoxy) is 1. The molecule has 0 radical (unpaired) electrons. The average Bonchev–Trinajstić information content (AvgIpc) is 2.80. The second-order valence-corrected chi connectivity index (χ2v) is 11.1. The molecule has 0 unspecified atom stereocenters. The van der Waals surface area contributed by atoms with Crippen LogP contribution in [-0.4, -0.2) is 12.8 Å². The lowest BCUT2D eigenvalue weighted by Gasteiger charge is -2.27. The standard InChI is InChI=1S/C27H26O3P.BrH/c1-22-20-23(21-27(28)30-22)29-18-11-19-31(24-12-5-2-6-13-24,25-14-7-3-8-15-25)26-16-9-4-10-17-26;/h2-10,12-17,20-21H,11,18-19H2,1H3;1H/q+1;/p-1. The summed E-state index contributed by atoms with van der Waals surface area (Å²) in [5, 5.41) is 4.09. The highest BCUT2D eigenvalue weighted by atomic mass is 79.9. The predicted molar refractivity (Wildman–Crippen MR) is 130 cm³/mol. The highest BCUT2D eigenvalue weighted by Gasteiger charge is 2.44. The molecule has 0 aliphatic rings. The van der Waals surface area contributed by atoms with E-state index in [9.17, 15) is 4.79 Å². The first kappa shape index (κ1) is 24.0. The molecule has 3 nitrogen and oxygen atoms in total. The average molecular weight is 509 g/mol. The third kappa shape index (κ3) is 5.38. The molecule has 0 atom stereocenters. The summed E-state index contributed by atoms with van der Waals surface area (Å²) in [4.78, 5) is 11.6. The Morgan fingerprint density at radius 3 is 1.66 bits per heavy atom. The molecule has 0 saturated heterocycles. The van der Waals surface area contributed by atoms with Gasteiger partial charge >= 0.3 is 5.63 Å². The van der Waals surface area contributed by atoms with Gasteiger partial charge in [-0.3, -0.25) is 0 Å². The molecule has 0 bridgehead atoms.